The van der Waals surface area contributed by atoms with E-state index >= 15 is 0 Å². The summed E-state index contributed by atoms with van der Waals surface area (Å²) in [5.74, 6) is 1.94. The molecule has 0 radical (unpaired) electrons. The Morgan fingerprint density at radius 1 is 1.10 bits per heavy atom. The smallest absolute Gasteiger partial charge is 0.495 e. The van der Waals surface area contributed by atoms with Crippen molar-refractivity contribution in [2.45, 2.75) is 58.3 Å². The lowest BCUT2D eigenvalue weighted by Crippen LogP contribution is -2.41. The van der Waals surface area contributed by atoms with Crippen molar-refractivity contribution in [3.05, 3.63) is 36.5 Å². The molecule has 1 aromatic heterocycles. The van der Waals surface area contributed by atoms with Crippen LogP contribution >= 0.6 is 0 Å². The summed E-state index contributed by atoms with van der Waals surface area (Å²) in [5.41, 5.74) is -0.344. The molecule has 2 N–H and O–H groups in total. The minimum absolute atomic E-state index is 0.129. The fourth-order valence-corrected chi connectivity index (χ4v) is 2.88. The minimum Gasteiger partial charge on any atom is -0.495 e. The Labute approximate surface area is 178 Å². The maximum Gasteiger partial charge on any atom is 0.498 e. The first kappa shape index (κ1) is 22.4. The van der Waals surface area contributed by atoms with E-state index in [-0.39, 0.29) is 6.61 Å². The Bertz CT molecular complexity index is 862. The van der Waals surface area contributed by atoms with Gasteiger partial charge in [-0.25, -0.2) is 4.98 Å². The Morgan fingerprint density at radius 2 is 1.77 bits per heavy atom. The Morgan fingerprint density at radius 3 is 2.30 bits per heavy atom. The molecule has 1 aliphatic heterocycles. The third-order valence-corrected chi connectivity index (χ3v) is 5.35. The highest BCUT2D eigenvalue weighted by Gasteiger charge is 2.52. The summed E-state index contributed by atoms with van der Waals surface area (Å²) in [5, 5.41) is 13.4. The molecule has 0 spiro atoms. The van der Waals surface area contributed by atoms with Gasteiger partial charge >= 0.3 is 7.12 Å². The van der Waals surface area contributed by atoms with Crippen LogP contribution in [0.15, 0.2) is 36.5 Å². The van der Waals surface area contributed by atoms with Crippen LogP contribution in [0.3, 0.4) is 0 Å². The number of rotatable bonds is 7. The predicted octanol–water partition coefficient (Wildman–Crippen LogP) is 3.28. The van der Waals surface area contributed by atoms with E-state index < -0.39 is 23.9 Å². The highest BCUT2D eigenvalue weighted by Crippen LogP contribution is 2.37. The predicted molar refractivity (Wildman–Crippen MR) is 118 cm³/mol. The van der Waals surface area contributed by atoms with E-state index in [4.69, 9.17) is 18.8 Å². The normalized spacial score (nSPS) is 17.7. The SMILES string of the molecule is COc1ccc(Nc2ccc(B3OC(C)(C)C(C)(C)O3)c(OCC(C)(C)O)c2)nc1. The van der Waals surface area contributed by atoms with E-state index in [0.717, 1.165) is 11.2 Å². The topological polar surface area (TPSA) is 82.1 Å². The molecule has 0 saturated carbocycles. The van der Waals surface area contributed by atoms with Crippen LogP contribution in [0.2, 0.25) is 0 Å². The molecule has 162 valence electrons. The van der Waals surface area contributed by atoms with Gasteiger partial charge in [-0.3, -0.25) is 0 Å². The Balaban J connectivity index is 1.88. The summed E-state index contributed by atoms with van der Waals surface area (Å²) in [4.78, 5) is 4.33. The number of benzene rings is 1. The van der Waals surface area contributed by atoms with Crippen LogP contribution in [-0.4, -0.2) is 47.7 Å². The maximum atomic E-state index is 10.1. The molecule has 0 aliphatic carbocycles. The first-order chi connectivity index (χ1) is 13.9. The molecule has 1 saturated heterocycles. The first-order valence-electron chi connectivity index (χ1n) is 10.0. The maximum absolute atomic E-state index is 10.1. The first-order valence-corrected chi connectivity index (χ1v) is 10.0. The van der Waals surface area contributed by atoms with E-state index in [9.17, 15) is 5.11 Å². The summed E-state index contributed by atoms with van der Waals surface area (Å²) in [6.07, 6.45) is 1.65. The number of hydrogen-bond acceptors (Lipinski definition) is 7. The number of pyridine rings is 1. The van der Waals surface area contributed by atoms with Crippen molar-refractivity contribution in [2.24, 2.45) is 0 Å². The number of aromatic nitrogens is 1. The summed E-state index contributed by atoms with van der Waals surface area (Å²) in [7, 11) is 1.03. The molecule has 2 aromatic rings. The lowest BCUT2D eigenvalue weighted by molar-refractivity contribution is 0.00578. The zero-order valence-corrected chi connectivity index (χ0v) is 18.8. The van der Waals surface area contributed by atoms with Crippen molar-refractivity contribution in [2.75, 3.05) is 19.0 Å². The monoisotopic (exact) mass is 414 g/mol. The van der Waals surface area contributed by atoms with Crippen LogP contribution in [0.4, 0.5) is 11.5 Å². The molecular weight excluding hydrogens is 383 g/mol. The Hall–Kier alpha value is -2.29. The van der Waals surface area contributed by atoms with Gasteiger partial charge in [-0.1, -0.05) is 6.07 Å². The molecular formula is C22H31BN2O5. The van der Waals surface area contributed by atoms with Gasteiger partial charge in [-0.2, -0.15) is 0 Å². The number of hydrogen-bond donors (Lipinski definition) is 2. The van der Waals surface area contributed by atoms with E-state index in [2.05, 4.69) is 10.3 Å². The fourth-order valence-electron chi connectivity index (χ4n) is 2.88. The van der Waals surface area contributed by atoms with Crippen molar-refractivity contribution in [3.63, 3.8) is 0 Å². The van der Waals surface area contributed by atoms with Crippen molar-refractivity contribution in [1.82, 2.24) is 4.98 Å². The summed E-state index contributed by atoms with van der Waals surface area (Å²) < 4.78 is 23.5. The third-order valence-electron chi connectivity index (χ3n) is 5.35. The lowest BCUT2D eigenvalue weighted by atomic mass is 9.78. The van der Waals surface area contributed by atoms with Crippen LogP contribution in [-0.2, 0) is 9.31 Å². The zero-order valence-electron chi connectivity index (χ0n) is 18.8. The molecule has 0 bridgehead atoms. The van der Waals surface area contributed by atoms with Crippen molar-refractivity contribution in [3.8, 4) is 11.5 Å². The molecule has 1 aliphatic rings. The van der Waals surface area contributed by atoms with Gasteiger partial charge in [0.05, 0.1) is 30.1 Å². The highest BCUT2D eigenvalue weighted by atomic mass is 16.7. The van der Waals surface area contributed by atoms with E-state index in [1.54, 1.807) is 27.2 Å². The van der Waals surface area contributed by atoms with Gasteiger partial charge in [0.25, 0.3) is 0 Å². The summed E-state index contributed by atoms with van der Waals surface area (Å²) in [6.45, 7) is 11.6. The molecule has 0 unspecified atom stereocenters. The molecule has 7 nitrogen and oxygen atoms in total. The van der Waals surface area contributed by atoms with Gasteiger partial charge in [0, 0.05) is 17.2 Å². The average molecular weight is 414 g/mol. The molecule has 1 fully saturated rings. The van der Waals surface area contributed by atoms with Gasteiger partial charge in [0.1, 0.15) is 23.9 Å². The van der Waals surface area contributed by atoms with Crippen LogP contribution in [0.25, 0.3) is 0 Å². The number of aliphatic hydroxyl groups is 1. The largest absolute Gasteiger partial charge is 0.498 e. The minimum atomic E-state index is -0.978. The highest BCUT2D eigenvalue weighted by molar-refractivity contribution is 6.63. The lowest BCUT2D eigenvalue weighted by Gasteiger charge is -2.32. The molecule has 8 heteroatoms. The van der Waals surface area contributed by atoms with Crippen molar-refractivity contribution >= 4 is 24.1 Å². The number of nitrogens with zero attached hydrogens (tertiary/aromatic N) is 1. The second kappa shape index (κ2) is 8.09. The third kappa shape index (κ3) is 5.06. The number of nitrogens with one attached hydrogen (secondary N) is 1. The number of methoxy groups -OCH3 is 1. The van der Waals surface area contributed by atoms with E-state index in [1.807, 2.05) is 58.0 Å². The molecule has 3 rings (SSSR count). The Kier molecular flexibility index (Phi) is 6.04. The fraction of sp³-hybridized carbons (Fsp3) is 0.500. The second-order valence-corrected chi connectivity index (χ2v) is 9.15. The number of anilines is 2. The summed E-state index contributed by atoms with van der Waals surface area (Å²) in [6, 6.07) is 9.35. The quantitative estimate of drug-likeness (QED) is 0.673. The standard InChI is InChI=1S/C22H31BN2O5/c1-20(2,26)14-28-18-12-15(25-19-11-9-16(27-7)13-24-19)8-10-17(18)23-29-21(3,4)22(5,6)30-23/h8-13,26H,14H2,1-7H3,(H,24,25). The molecule has 2 heterocycles. The van der Waals surface area contributed by atoms with Crippen LogP contribution in [0, 0.1) is 0 Å². The van der Waals surface area contributed by atoms with Crippen LogP contribution in [0.5, 0.6) is 11.5 Å². The summed E-state index contributed by atoms with van der Waals surface area (Å²) >= 11 is 0. The number of ether oxygens (including phenoxy) is 2. The van der Waals surface area contributed by atoms with E-state index in [1.165, 1.54) is 0 Å². The van der Waals surface area contributed by atoms with Crippen molar-refractivity contribution in [1.29, 1.82) is 0 Å². The van der Waals surface area contributed by atoms with Crippen molar-refractivity contribution < 1.29 is 23.9 Å². The molecule has 1 aromatic carbocycles. The average Bonchev–Trinajstić information content (AvgIpc) is 2.87. The van der Waals surface area contributed by atoms with Gasteiger partial charge in [0.15, 0.2) is 0 Å². The van der Waals surface area contributed by atoms with Crippen LogP contribution < -0.4 is 20.3 Å². The second-order valence-electron chi connectivity index (χ2n) is 9.15. The molecule has 0 atom stereocenters. The molecule has 30 heavy (non-hydrogen) atoms. The van der Waals surface area contributed by atoms with Gasteiger partial charge in [0.2, 0.25) is 0 Å². The zero-order chi connectivity index (χ0) is 22.2. The van der Waals surface area contributed by atoms with Gasteiger partial charge in [-0.05, 0) is 59.7 Å². The van der Waals surface area contributed by atoms with E-state index in [0.29, 0.717) is 17.3 Å². The van der Waals surface area contributed by atoms with Gasteiger partial charge < -0.3 is 29.2 Å². The van der Waals surface area contributed by atoms with Crippen LogP contribution in [0.1, 0.15) is 41.5 Å². The van der Waals surface area contributed by atoms with Gasteiger partial charge in [-0.15, -0.1) is 0 Å². The molecule has 0 amide bonds.